The fourth-order valence-electron chi connectivity index (χ4n) is 18.4. The standard InChI is InChI=1S/C55H39NO.C55H39NS/c2*1-55(2)49-33-31-47-46-19-11-12-20-52(46)57-54(47)53(49)48-30-25-40(35-50(48)55)43-32-34-51(45-18-10-9-17-44(43)45)56(41-26-21-38(22-27-41)36-13-5-3-6-14-36)42-28-23-39(24-29-42)37-15-7-4-8-16-37/h2*3-35H,1-2H3. The van der Waals surface area contributed by atoms with Gasteiger partial charge in [-0.3, -0.25) is 0 Å². The Hall–Kier alpha value is -13.9. The SMILES string of the molecule is CC1(C)c2cc(-c3ccc(N(c4ccc(-c5ccccc5)cc4)c4ccc(-c5ccccc5)cc4)c4ccccc34)ccc2-c2c1ccc1c2oc2ccccc21.CC1(C)c2cc(-c3ccc(N(c4ccc(-c5ccccc5)cc4)c4ccc(-c5ccccc5)cc4)c4ccccc34)ccc2-c2c1ccc1c2sc2ccccc21. The number of fused-ring (bicyclic) bond motifs is 16. The van der Waals surface area contributed by atoms with Crippen molar-refractivity contribution in [1.82, 2.24) is 0 Å². The van der Waals surface area contributed by atoms with Crippen LogP contribution in [0.1, 0.15) is 49.9 Å². The van der Waals surface area contributed by atoms with Gasteiger partial charge >= 0.3 is 0 Å². The molecule has 2 heterocycles. The molecule has 0 spiro atoms. The first-order valence-corrected chi connectivity index (χ1v) is 40.3. The van der Waals surface area contributed by atoms with Crippen molar-refractivity contribution in [3.05, 3.63) is 423 Å². The van der Waals surface area contributed by atoms with Crippen molar-refractivity contribution in [3.63, 3.8) is 0 Å². The Balaban J connectivity index is 0.000000143. The van der Waals surface area contributed by atoms with Gasteiger partial charge in [-0.15, -0.1) is 11.3 Å². The van der Waals surface area contributed by atoms with E-state index in [2.05, 4.69) is 432 Å². The van der Waals surface area contributed by atoms with Crippen molar-refractivity contribution >= 4 is 109 Å². The third-order valence-corrected chi connectivity index (χ3v) is 25.4. The number of anilines is 6. The third kappa shape index (κ3) is 11.5. The average molecular weight is 1480 g/mol. The van der Waals surface area contributed by atoms with Crippen LogP contribution in [-0.2, 0) is 10.8 Å². The summed E-state index contributed by atoms with van der Waals surface area (Å²) in [5.41, 5.74) is 33.6. The summed E-state index contributed by atoms with van der Waals surface area (Å²) in [6.07, 6.45) is 0. The van der Waals surface area contributed by atoms with E-state index in [0.717, 1.165) is 50.7 Å². The van der Waals surface area contributed by atoms with Crippen LogP contribution in [0.15, 0.2) is 405 Å². The molecule has 0 radical (unpaired) electrons. The first-order valence-electron chi connectivity index (χ1n) is 39.5. The highest BCUT2D eigenvalue weighted by atomic mass is 32.1. The molecule has 2 aromatic heterocycles. The van der Waals surface area contributed by atoms with Gasteiger partial charge in [-0.1, -0.05) is 343 Å². The molecule has 4 heteroatoms. The van der Waals surface area contributed by atoms with Crippen molar-refractivity contribution in [1.29, 1.82) is 0 Å². The molecule has 0 aliphatic heterocycles. The van der Waals surface area contributed by atoms with Crippen LogP contribution in [0.3, 0.4) is 0 Å². The van der Waals surface area contributed by atoms with E-state index < -0.39 is 0 Å². The molecule has 540 valence electrons. The van der Waals surface area contributed by atoms with Crippen LogP contribution in [0.5, 0.6) is 0 Å². The highest BCUT2D eigenvalue weighted by molar-refractivity contribution is 7.26. The average Bonchev–Trinajstić information content (AvgIpc) is 1.55. The van der Waals surface area contributed by atoms with Gasteiger partial charge in [0.05, 0.1) is 11.4 Å². The molecule has 18 aromatic carbocycles. The molecule has 0 saturated heterocycles. The molecule has 2 aliphatic carbocycles. The smallest absolute Gasteiger partial charge is 0.143 e. The maximum atomic E-state index is 6.58. The molecule has 0 bridgehead atoms. The van der Waals surface area contributed by atoms with Crippen LogP contribution in [0.25, 0.3) is 153 Å². The van der Waals surface area contributed by atoms with E-state index in [1.807, 2.05) is 17.4 Å². The molecule has 2 aliphatic rings. The molecule has 0 unspecified atom stereocenters. The van der Waals surface area contributed by atoms with Crippen molar-refractivity contribution in [2.24, 2.45) is 0 Å². The van der Waals surface area contributed by atoms with Crippen molar-refractivity contribution in [2.75, 3.05) is 9.80 Å². The summed E-state index contributed by atoms with van der Waals surface area (Å²) in [6, 6.07) is 146. The fourth-order valence-corrected chi connectivity index (χ4v) is 19.7. The highest BCUT2D eigenvalue weighted by Crippen LogP contribution is 2.57. The zero-order chi connectivity index (χ0) is 76.2. The van der Waals surface area contributed by atoms with Crippen LogP contribution >= 0.6 is 11.3 Å². The quantitative estimate of drug-likeness (QED) is 0.122. The summed E-state index contributed by atoms with van der Waals surface area (Å²) in [5.74, 6) is 0. The first kappa shape index (κ1) is 68.2. The fraction of sp³-hybridized carbons (Fsp3) is 0.0545. The molecular weight excluding hydrogens is 1400 g/mol. The van der Waals surface area contributed by atoms with Crippen LogP contribution in [0, 0.1) is 0 Å². The number of hydrogen-bond donors (Lipinski definition) is 0. The Morgan fingerprint density at radius 3 is 0.982 bits per heavy atom. The first-order chi connectivity index (χ1) is 56.1. The Labute approximate surface area is 668 Å². The van der Waals surface area contributed by atoms with Gasteiger partial charge in [0.1, 0.15) is 11.2 Å². The number of hydrogen-bond acceptors (Lipinski definition) is 4. The van der Waals surface area contributed by atoms with Gasteiger partial charge in [0.2, 0.25) is 0 Å². The Morgan fingerprint density at radius 2 is 0.553 bits per heavy atom. The monoisotopic (exact) mass is 1470 g/mol. The van der Waals surface area contributed by atoms with Crippen molar-refractivity contribution in [2.45, 2.75) is 38.5 Å². The summed E-state index contributed by atoms with van der Waals surface area (Å²) in [5, 5.41) is 9.91. The topological polar surface area (TPSA) is 19.6 Å². The van der Waals surface area contributed by atoms with E-state index in [1.54, 1.807) is 0 Å². The predicted molar refractivity (Wildman–Crippen MR) is 485 cm³/mol. The molecular formula is C110H78N2OS. The summed E-state index contributed by atoms with van der Waals surface area (Å²) in [6.45, 7) is 9.49. The zero-order valence-corrected chi connectivity index (χ0v) is 64.6. The highest BCUT2D eigenvalue weighted by Gasteiger charge is 2.40. The number of para-hydroxylation sites is 1. The normalized spacial score (nSPS) is 12.9. The summed E-state index contributed by atoms with van der Waals surface area (Å²) in [4.78, 5) is 4.81. The molecule has 0 saturated carbocycles. The molecule has 3 nitrogen and oxygen atoms in total. The lowest BCUT2D eigenvalue weighted by molar-refractivity contribution is 0.653. The van der Waals surface area contributed by atoms with E-state index >= 15 is 0 Å². The minimum absolute atomic E-state index is 0.116. The van der Waals surface area contributed by atoms with E-state index in [-0.39, 0.29) is 10.8 Å². The third-order valence-electron chi connectivity index (χ3n) is 24.2. The second-order valence-electron chi connectivity index (χ2n) is 31.4. The number of rotatable bonds is 12. The van der Waals surface area contributed by atoms with Crippen LogP contribution in [0.2, 0.25) is 0 Å². The van der Waals surface area contributed by atoms with Crippen LogP contribution in [0.4, 0.5) is 34.1 Å². The van der Waals surface area contributed by atoms with Gasteiger partial charge < -0.3 is 14.2 Å². The number of furan rings is 1. The van der Waals surface area contributed by atoms with E-state index in [4.69, 9.17) is 4.42 Å². The maximum absolute atomic E-state index is 6.58. The minimum atomic E-state index is -0.182. The Bertz CT molecular complexity index is 6510. The number of nitrogens with zero attached hydrogens (tertiary/aromatic N) is 2. The molecule has 0 amide bonds. The molecule has 0 fully saturated rings. The predicted octanol–water partition coefficient (Wildman–Crippen LogP) is 31.5. The van der Waals surface area contributed by atoms with E-state index in [9.17, 15) is 0 Å². The van der Waals surface area contributed by atoms with Gasteiger partial charge in [0.15, 0.2) is 0 Å². The largest absolute Gasteiger partial charge is 0.455 e. The minimum Gasteiger partial charge on any atom is -0.455 e. The summed E-state index contributed by atoms with van der Waals surface area (Å²) >= 11 is 1.93. The number of thiophene rings is 1. The van der Waals surface area contributed by atoms with Crippen LogP contribution in [-0.4, -0.2) is 0 Å². The van der Waals surface area contributed by atoms with Gasteiger partial charge in [-0.05, 0) is 196 Å². The molecule has 20 aromatic rings. The van der Waals surface area contributed by atoms with Crippen molar-refractivity contribution in [3.8, 4) is 89.0 Å². The molecule has 114 heavy (non-hydrogen) atoms. The zero-order valence-electron chi connectivity index (χ0n) is 63.8. The molecule has 0 atom stereocenters. The van der Waals surface area contributed by atoms with Gasteiger partial charge in [-0.2, -0.15) is 0 Å². The Kier molecular flexibility index (Phi) is 16.5. The van der Waals surface area contributed by atoms with Gasteiger partial charge in [0, 0.05) is 86.4 Å². The number of benzene rings is 18. The molecule has 22 rings (SSSR count). The van der Waals surface area contributed by atoms with E-state index in [0.29, 0.717) is 0 Å². The molecule has 0 N–H and O–H groups in total. The second kappa shape index (κ2) is 27.5. The Morgan fingerprint density at radius 1 is 0.228 bits per heavy atom. The van der Waals surface area contributed by atoms with Gasteiger partial charge in [0.25, 0.3) is 0 Å². The summed E-state index contributed by atoms with van der Waals surface area (Å²) in [7, 11) is 0. The van der Waals surface area contributed by atoms with Gasteiger partial charge in [-0.25, -0.2) is 0 Å². The second-order valence-corrected chi connectivity index (χ2v) is 32.4. The summed E-state index contributed by atoms with van der Waals surface area (Å²) < 4.78 is 9.33. The van der Waals surface area contributed by atoms with Crippen LogP contribution < -0.4 is 9.80 Å². The lowest BCUT2D eigenvalue weighted by atomic mass is 9.81. The van der Waals surface area contributed by atoms with E-state index in [1.165, 1.54) is 158 Å². The maximum Gasteiger partial charge on any atom is 0.143 e. The lowest BCUT2D eigenvalue weighted by Gasteiger charge is -2.28. The van der Waals surface area contributed by atoms with Crippen molar-refractivity contribution < 1.29 is 4.42 Å². The lowest BCUT2D eigenvalue weighted by Crippen LogP contribution is -2.15.